The van der Waals surface area contributed by atoms with Gasteiger partial charge in [0, 0.05) is 25.0 Å². The Bertz CT molecular complexity index is 1220. The van der Waals surface area contributed by atoms with Crippen molar-refractivity contribution in [1.82, 2.24) is 5.32 Å². The van der Waals surface area contributed by atoms with E-state index in [1.165, 1.54) is 0 Å². The van der Waals surface area contributed by atoms with Gasteiger partial charge in [0.2, 0.25) is 0 Å². The third-order valence-corrected chi connectivity index (χ3v) is 5.63. The highest BCUT2D eigenvalue weighted by Crippen LogP contribution is 2.30. The largest absolute Gasteiger partial charge is 0.416 e. The lowest BCUT2D eigenvalue weighted by atomic mass is 10.00. The van der Waals surface area contributed by atoms with Gasteiger partial charge in [0.1, 0.15) is 6.29 Å². The van der Waals surface area contributed by atoms with Gasteiger partial charge in [-0.2, -0.15) is 18.4 Å². The van der Waals surface area contributed by atoms with Crippen molar-refractivity contribution in [2.24, 2.45) is 0 Å². The van der Waals surface area contributed by atoms with Crippen LogP contribution in [-0.4, -0.2) is 32.0 Å². The first-order valence-corrected chi connectivity index (χ1v) is 11.2. The number of hydrogen-bond acceptors (Lipinski definition) is 4. The predicted octanol–water partition coefficient (Wildman–Crippen LogP) is 5.85. The second-order valence-electron chi connectivity index (χ2n) is 8.18. The highest BCUT2D eigenvalue weighted by atomic mass is 19.4. The molecular weight excluding hydrogens is 469 g/mol. The number of hydrogen-bond donors (Lipinski definition) is 2. The highest BCUT2D eigenvalue weighted by Gasteiger charge is 2.30. The third kappa shape index (κ3) is 7.09. The number of nitrogens with zero attached hydrogens (tertiary/aromatic N) is 2. The number of halogens is 3. The Morgan fingerprint density at radius 1 is 1.06 bits per heavy atom. The standard InChI is InChI=1S/C27H25F3N4O2/c1-34(24-14-8-19(9-15-24)25-7-3-2-5-20(25)17-31)16-4-6-23(18-35)33-26(36)32-22-12-10-21(11-13-22)27(28,29)30/h2-3,5,7-15,18,23H,4,6,16H2,1H3,(H2,32,33,36). The van der Waals surface area contributed by atoms with Gasteiger partial charge in [-0.05, 0) is 66.4 Å². The summed E-state index contributed by atoms with van der Waals surface area (Å²) >= 11 is 0. The maximum absolute atomic E-state index is 12.6. The van der Waals surface area contributed by atoms with E-state index in [4.69, 9.17) is 0 Å². The summed E-state index contributed by atoms with van der Waals surface area (Å²) in [6.07, 6.45) is -2.82. The summed E-state index contributed by atoms with van der Waals surface area (Å²) in [4.78, 5) is 25.6. The van der Waals surface area contributed by atoms with E-state index in [1.54, 1.807) is 6.07 Å². The van der Waals surface area contributed by atoms with Crippen molar-refractivity contribution in [1.29, 1.82) is 5.26 Å². The SMILES string of the molecule is CN(CCCC(C=O)NC(=O)Nc1ccc(C(F)(F)F)cc1)c1ccc(-c2ccccc2C#N)cc1. The number of nitriles is 1. The van der Waals surface area contributed by atoms with Crippen LogP contribution in [0.4, 0.5) is 29.3 Å². The lowest BCUT2D eigenvalue weighted by molar-refractivity contribution is -0.137. The molecule has 186 valence electrons. The van der Waals surface area contributed by atoms with Gasteiger partial charge >= 0.3 is 12.2 Å². The minimum atomic E-state index is -4.46. The lowest BCUT2D eigenvalue weighted by Gasteiger charge is -2.21. The summed E-state index contributed by atoms with van der Waals surface area (Å²) in [5.41, 5.74) is 2.74. The lowest BCUT2D eigenvalue weighted by Crippen LogP contribution is -2.39. The number of nitrogens with one attached hydrogen (secondary N) is 2. The third-order valence-electron chi connectivity index (χ3n) is 5.63. The van der Waals surface area contributed by atoms with Crippen molar-refractivity contribution >= 4 is 23.7 Å². The van der Waals surface area contributed by atoms with E-state index in [-0.39, 0.29) is 5.69 Å². The van der Waals surface area contributed by atoms with Crippen molar-refractivity contribution in [2.75, 3.05) is 23.8 Å². The average Bonchev–Trinajstić information content (AvgIpc) is 2.87. The molecule has 0 radical (unpaired) electrons. The Balaban J connectivity index is 1.48. The Morgan fingerprint density at radius 2 is 1.72 bits per heavy atom. The zero-order valence-corrected chi connectivity index (χ0v) is 19.5. The fourth-order valence-electron chi connectivity index (χ4n) is 3.66. The van der Waals surface area contributed by atoms with E-state index < -0.39 is 23.8 Å². The quantitative estimate of drug-likeness (QED) is 0.366. The molecule has 6 nitrogen and oxygen atoms in total. The molecule has 0 bridgehead atoms. The van der Waals surface area contributed by atoms with Gasteiger partial charge in [-0.25, -0.2) is 4.79 Å². The molecule has 0 aromatic heterocycles. The Hall–Kier alpha value is -4.32. The number of benzene rings is 3. The average molecular weight is 495 g/mol. The van der Waals surface area contributed by atoms with Crippen molar-refractivity contribution < 1.29 is 22.8 Å². The van der Waals surface area contributed by atoms with Gasteiger partial charge in [0.25, 0.3) is 0 Å². The smallest absolute Gasteiger partial charge is 0.375 e. The number of urea groups is 1. The van der Waals surface area contributed by atoms with Crippen molar-refractivity contribution in [3.63, 3.8) is 0 Å². The predicted molar refractivity (Wildman–Crippen MR) is 133 cm³/mol. The highest BCUT2D eigenvalue weighted by molar-refractivity contribution is 5.90. The van der Waals surface area contributed by atoms with Crippen LogP contribution in [0.3, 0.4) is 0 Å². The number of alkyl halides is 3. The van der Waals surface area contributed by atoms with Crippen LogP contribution in [0.1, 0.15) is 24.0 Å². The molecule has 2 amide bonds. The van der Waals surface area contributed by atoms with Crippen LogP contribution in [0.25, 0.3) is 11.1 Å². The van der Waals surface area contributed by atoms with Gasteiger partial charge in [-0.15, -0.1) is 0 Å². The summed E-state index contributed by atoms with van der Waals surface area (Å²) in [6.45, 7) is 0.626. The second kappa shape index (κ2) is 11.9. The van der Waals surface area contributed by atoms with E-state index in [2.05, 4.69) is 16.7 Å². The zero-order chi connectivity index (χ0) is 26.1. The van der Waals surface area contributed by atoms with E-state index >= 15 is 0 Å². The second-order valence-corrected chi connectivity index (χ2v) is 8.18. The van der Waals surface area contributed by atoms with Crippen molar-refractivity contribution in [3.8, 4) is 17.2 Å². The number of amides is 2. The van der Waals surface area contributed by atoms with Gasteiger partial charge in [-0.3, -0.25) is 0 Å². The van der Waals surface area contributed by atoms with Crippen LogP contribution in [0.5, 0.6) is 0 Å². The van der Waals surface area contributed by atoms with Crippen LogP contribution in [-0.2, 0) is 11.0 Å². The van der Waals surface area contributed by atoms with E-state index in [0.717, 1.165) is 41.1 Å². The molecule has 0 heterocycles. The number of carbonyl (C=O) groups is 2. The molecule has 9 heteroatoms. The molecule has 0 fully saturated rings. The van der Waals surface area contributed by atoms with Crippen LogP contribution in [0, 0.1) is 11.3 Å². The molecule has 1 atom stereocenters. The molecule has 3 rings (SSSR count). The maximum atomic E-state index is 12.6. The van der Waals surface area contributed by atoms with Gasteiger partial charge < -0.3 is 20.3 Å². The first-order valence-electron chi connectivity index (χ1n) is 11.2. The van der Waals surface area contributed by atoms with E-state index in [0.29, 0.717) is 31.2 Å². The molecule has 36 heavy (non-hydrogen) atoms. The summed E-state index contributed by atoms with van der Waals surface area (Å²) in [7, 11) is 1.92. The molecule has 3 aromatic carbocycles. The summed E-state index contributed by atoms with van der Waals surface area (Å²) in [5, 5.41) is 14.3. The zero-order valence-electron chi connectivity index (χ0n) is 19.5. The molecule has 0 spiro atoms. The van der Waals surface area contributed by atoms with Crippen LogP contribution in [0.2, 0.25) is 0 Å². The molecule has 2 N–H and O–H groups in total. The van der Waals surface area contributed by atoms with E-state index in [9.17, 15) is 28.0 Å². The number of rotatable bonds is 9. The Morgan fingerprint density at radius 3 is 2.33 bits per heavy atom. The summed E-state index contributed by atoms with van der Waals surface area (Å²) < 4.78 is 37.9. The molecule has 0 saturated heterocycles. The molecular formula is C27H25F3N4O2. The molecule has 0 saturated carbocycles. The molecule has 0 aliphatic heterocycles. The number of carbonyl (C=O) groups excluding carboxylic acids is 2. The molecule has 0 aliphatic carbocycles. The van der Waals surface area contributed by atoms with Crippen LogP contribution in [0.15, 0.2) is 72.8 Å². The summed E-state index contributed by atoms with van der Waals surface area (Å²) in [6, 6.07) is 20.0. The topological polar surface area (TPSA) is 85.2 Å². The molecule has 3 aromatic rings. The first-order chi connectivity index (χ1) is 17.2. The number of anilines is 2. The minimum Gasteiger partial charge on any atom is -0.375 e. The van der Waals surface area contributed by atoms with Crippen LogP contribution >= 0.6 is 0 Å². The van der Waals surface area contributed by atoms with Gasteiger partial charge in [0.05, 0.1) is 23.2 Å². The van der Waals surface area contributed by atoms with Crippen molar-refractivity contribution in [3.05, 3.63) is 83.9 Å². The first kappa shape index (κ1) is 26.3. The Labute approximate surface area is 207 Å². The minimum absolute atomic E-state index is 0.186. The van der Waals surface area contributed by atoms with Gasteiger partial charge in [0.15, 0.2) is 0 Å². The monoisotopic (exact) mass is 494 g/mol. The number of aldehydes is 1. The fourth-order valence-corrected chi connectivity index (χ4v) is 3.66. The fraction of sp³-hybridized carbons (Fsp3) is 0.222. The van der Waals surface area contributed by atoms with Gasteiger partial charge in [-0.1, -0.05) is 30.3 Å². The molecule has 1 unspecified atom stereocenters. The van der Waals surface area contributed by atoms with E-state index in [1.807, 2.05) is 54.4 Å². The molecule has 0 aliphatic rings. The summed E-state index contributed by atoms with van der Waals surface area (Å²) in [5.74, 6) is 0. The maximum Gasteiger partial charge on any atom is 0.416 e. The van der Waals surface area contributed by atoms with Crippen molar-refractivity contribution in [2.45, 2.75) is 25.1 Å². The normalized spacial score (nSPS) is 11.8. The van der Waals surface area contributed by atoms with Crippen LogP contribution < -0.4 is 15.5 Å². The Kier molecular flexibility index (Phi) is 8.68.